The number of aryl methyl sites for hydroxylation is 2. The molecule has 2 aromatic rings. The van der Waals surface area contributed by atoms with Crippen LogP contribution < -0.4 is 0 Å². The van der Waals surface area contributed by atoms with Crippen molar-refractivity contribution in [1.29, 1.82) is 0 Å². The molecule has 2 fully saturated rings. The Hall–Kier alpha value is -2.15. The van der Waals surface area contributed by atoms with Crippen LogP contribution in [0.4, 0.5) is 0 Å². The van der Waals surface area contributed by atoms with Gasteiger partial charge in [0.2, 0.25) is 11.7 Å². The van der Waals surface area contributed by atoms with Crippen molar-refractivity contribution in [3.63, 3.8) is 0 Å². The largest absolute Gasteiger partial charge is 0.365 e. The second-order valence-electron chi connectivity index (χ2n) is 6.37. The van der Waals surface area contributed by atoms with Crippen molar-refractivity contribution in [3.8, 4) is 0 Å². The molecule has 0 aliphatic carbocycles. The first-order chi connectivity index (χ1) is 11.1. The molecule has 7 heteroatoms. The van der Waals surface area contributed by atoms with Gasteiger partial charge in [0.25, 0.3) is 5.91 Å². The van der Waals surface area contributed by atoms with Crippen molar-refractivity contribution >= 4 is 5.91 Å². The minimum atomic E-state index is -0.118. The minimum Gasteiger partial charge on any atom is -0.365 e. The van der Waals surface area contributed by atoms with Gasteiger partial charge in [-0.15, -0.1) is 0 Å². The van der Waals surface area contributed by atoms with Gasteiger partial charge in [0.05, 0.1) is 6.10 Å². The number of rotatable bonds is 2. The van der Waals surface area contributed by atoms with Gasteiger partial charge in [-0.05, 0) is 30.9 Å². The Bertz CT molecular complexity index is 722. The second kappa shape index (κ2) is 5.49. The summed E-state index contributed by atoms with van der Waals surface area (Å²) in [4.78, 5) is 18.8. The Labute approximate surface area is 134 Å². The van der Waals surface area contributed by atoms with Crippen LogP contribution in [0.1, 0.15) is 41.1 Å². The van der Waals surface area contributed by atoms with Gasteiger partial charge < -0.3 is 18.7 Å². The quantitative estimate of drug-likeness (QED) is 0.843. The number of ether oxygens (including phenoxy) is 1. The maximum absolute atomic E-state index is 12.6. The van der Waals surface area contributed by atoms with E-state index in [1.807, 2.05) is 34.8 Å². The molecule has 23 heavy (non-hydrogen) atoms. The first-order valence-electron chi connectivity index (χ1n) is 7.98. The van der Waals surface area contributed by atoms with E-state index in [4.69, 9.17) is 9.26 Å². The molecule has 2 aliphatic rings. The fraction of sp³-hybridized carbons (Fsp3) is 0.562. The fourth-order valence-electron chi connectivity index (χ4n) is 3.57. The number of carbonyl (C=O) groups excluding carboxylic acids is 1. The summed E-state index contributed by atoms with van der Waals surface area (Å²) in [5.74, 6) is 1.70. The van der Waals surface area contributed by atoms with E-state index in [1.54, 1.807) is 6.92 Å². The Morgan fingerprint density at radius 3 is 3.00 bits per heavy atom. The van der Waals surface area contributed by atoms with Crippen molar-refractivity contribution in [2.75, 3.05) is 13.1 Å². The summed E-state index contributed by atoms with van der Waals surface area (Å²) >= 11 is 0. The summed E-state index contributed by atoms with van der Waals surface area (Å²) in [6.45, 7) is 3.17. The Balaban J connectivity index is 1.45. The van der Waals surface area contributed by atoms with Crippen LogP contribution in [0, 0.1) is 12.8 Å². The van der Waals surface area contributed by atoms with Gasteiger partial charge in [-0.3, -0.25) is 4.79 Å². The fourth-order valence-corrected chi connectivity index (χ4v) is 3.57. The third-order valence-electron chi connectivity index (χ3n) is 4.83. The molecule has 0 bridgehead atoms. The smallest absolute Gasteiger partial charge is 0.270 e. The van der Waals surface area contributed by atoms with Crippen molar-refractivity contribution in [1.82, 2.24) is 19.6 Å². The molecule has 122 valence electrons. The summed E-state index contributed by atoms with van der Waals surface area (Å²) in [7, 11) is 1.89. The maximum Gasteiger partial charge on any atom is 0.270 e. The van der Waals surface area contributed by atoms with E-state index < -0.39 is 0 Å². The van der Waals surface area contributed by atoms with Gasteiger partial charge in [-0.1, -0.05) is 5.16 Å². The standard InChI is InChI=1S/C16H20N4O3/c1-10-17-15(18-23-10)13-8-11-5-7-20(9-14(11)22-13)16(21)12-4-3-6-19(12)2/h3-4,6,11,13-14H,5,7-9H2,1-2H3/t11-,13-,14+/m0/s1. The number of hydrogen-bond donors (Lipinski definition) is 0. The van der Waals surface area contributed by atoms with E-state index in [9.17, 15) is 4.79 Å². The molecule has 0 saturated carbocycles. The van der Waals surface area contributed by atoms with Crippen molar-refractivity contribution in [3.05, 3.63) is 35.7 Å². The van der Waals surface area contributed by atoms with Gasteiger partial charge in [-0.25, -0.2) is 0 Å². The summed E-state index contributed by atoms with van der Waals surface area (Å²) in [5, 5.41) is 3.97. The van der Waals surface area contributed by atoms with Crippen molar-refractivity contribution in [2.45, 2.75) is 32.0 Å². The molecule has 4 heterocycles. The molecular weight excluding hydrogens is 296 g/mol. The summed E-state index contributed by atoms with van der Waals surface area (Å²) < 4.78 is 13.0. The third kappa shape index (κ3) is 2.55. The molecule has 2 aliphatic heterocycles. The van der Waals surface area contributed by atoms with Crippen LogP contribution in [0.3, 0.4) is 0 Å². The van der Waals surface area contributed by atoms with Crippen molar-refractivity contribution < 1.29 is 14.1 Å². The SMILES string of the molecule is Cc1nc([C@@H]2C[C@@H]3CCN(C(=O)c4cccn4C)C[C@H]3O2)no1. The monoisotopic (exact) mass is 316 g/mol. The van der Waals surface area contributed by atoms with Crippen LogP contribution in [0.5, 0.6) is 0 Å². The summed E-state index contributed by atoms with van der Waals surface area (Å²) in [5.41, 5.74) is 0.715. The van der Waals surface area contributed by atoms with E-state index >= 15 is 0 Å². The molecule has 0 N–H and O–H groups in total. The van der Waals surface area contributed by atoms with Crippen LogP contribution >= 0.6 is 0 Å². The van der Waals surface area contributed by atoms with Gasteiger partial charge >= 0.3 is 0 Å². The second-order valence-corrected chi connectivity index (χ2v) is 6.37. The number of likely N-dealkylation sites (tertiary alicyclic amines) is 1. The first-order valence-corrected chi connectivity index (χ1v) is 7.98. The van der Waals surface area contributed by atoms with E-state index in [1.165, 1.54) is 0 Å². The van der Waals surface area contributed by atoms with Gasteiger partial charge in [0.1, 0.15) is 11.8 Å². The minimum absolute atomic E-state index is 0.0526. The topological polar surface area (TPSA) is 73.4 Å². The maximum atomic E-state index is 12.6. The Kier molecular flexibility index (Phi) is 3.45. The molecule has 0 radical (unpaired) electrons. The molecule has 0 unspecified atom stereocenters. The lowest BCUT2D eigenvalue weighted by Crippen LogP contribution is -2.45. The number of fused-ring (bicyclic) bond motifs is 1. The predicted octanol–water partition coefficient (Wildman–Crippen LogP) is 1.71. The summed E-state index contributed by atoms with van der Waals surface area (Å²) in [6.07, 6.45) is 3.68. The molecule has 4 rings (SSSR count). The predicted molar refractivity (Wildman–Crippen MR) is 80.7 cm³/mol. The number of piperidine rings is 1. The molecule has 7 nitrogen and oxygen atoms in total. The molecule has 2 aromatic heterocycles. The first kappa shape index (κ1) is 14.4. The Morgan fingerprint density at radius 2 is 2.30 bits per heavy atom. The number of carbonyl (C=O) groups is 1. The van der Waals surface area contributed by atoms with Gasteiger partial charge in [0, 0.05) is 33.3 Å². The highest BCUT2D eigenvalue weighted by molar-refractivity contribution is 5.92. The highest BCUT2D eigenvalue weighted by atomic mass is 16.5. The van der Waals surface area contributed by atoms with Crippen LogP contribution in [-0.2, 0) is 11.8 Å². The summed E-state index contributed by atoms with van der Waals surface area (Å²) in [6, 6.07) is 3.75. The molecule has 1 amide bonds. The molecule has 3 atom stereocenters. The van der Waals surface area contributed by atoms with Crippen LogP contribution in [-0.4, -0.2) is 44.7 Å². The lowest BCUT2D eigenvalue weighted by atomic mass is 9.91. The Morgan fingerprint density at radius 1 is 1.43 bits per heavy atom. The van der Waals surface area contributed by atoms with E-state index in [0.717, 1.165) is 19.4 Å². The van der Waals surface area contributed by atoms with Crippen LogP contribution in [0.25, 0.3) is 0 Å². The number of aromatic nitrogens is 3. The van der Waals surface area contributed by atoms with Crippen molar-refractivity contribution in [2.24, 2.45) is 13.0 Å². The van der Waals surface area contributed by atoms with E-state index in [-0.39, 0.29) is 18.1 Å². The zero-order valence-corrected chi connectivity index (χ0v) is 13.3. The molecule has 0 spiro atoms. The number of amides is 1. The van der Waals surface area contributed by atoms with Crippen LogP contribution in [0.2, 0.25) is 0 Å². The highest BCUT2D eigenvalue weighted by Gasteiger charge is 2.42. The lowest BCUT2D eigenvalue weighted by Gasteiger charge is -2.34. The van der Waals surface area contributed by atoms with Gasteiger partial charge in [0.15, 0.2) is 0 Å². The van der Waals surface area contributed by atoms with E-state index in [2.05, 4.69) is 10.1 Å². The number of nitrogens with zero attached hydrogens (tertiary/aromatic N) is 4. The van der Waals surface area contributed by atoms with Gasteiger partial charge in [-0.2, -0.15) is 4.98 Å². The average Bonchev–Trinajstić information content (AvgIpc) is 3.24. The van der Waals surface area contributed by atoms with Crippen LogP contribution in [0.15, 0.2) is 22.9 Å². The zero-order chi connectivity index (χ0) is 16.0. The molecular formula is C16H20N4O3. The molecule has 2 saturated heterocycles. The highest BCUT2D eigenvalue weighted by Crippen LogP contribution is 2.40. The molecule has 0 aromatic carbocycles. The average molecular weight is 316 g/mol. The zero-order valence-electron chi connectivity index (χ0n) is 13.3. The normalized spacial score (nSPS) is 27.2. The third-order valence-corrected chi connectivity index (χ3v) is 4.83. The lowest BCUT2D eigenvalue weighted by molar-refractivity contribution is -0.00771. The van der Waals surface area contributed by atoms with E-state index in [0.29, 0.717) is 29.9 Å². The number of hydrogen-bond acceptors (Lipinski definition) is 5.